The zero-order chi connectivity index (χ0) is 20.1. The summed E-state index contributed by atoms with van der Waals surface area (Å²) in [5, 5.41) is 15.6. The molecule has 2 saturated carbocycles. The molecular weight excluding hydrogens is 398 g/mol. The van der Waals surface area contributed by atoms with Gasteiger partial charge < -0.3 is 20.1 Å². The molecule has 0 aromatic carbocycles. The number of aliphatic hydroxyl groups is 1. The van der Waals surface area contributed by atoms with Gasteiger partial charge in [-0.2, -0.15) is 5.10 Å². The summed E-state index contributed by atoms with van der Waals surface area (Å²) in [6.07, 6.45) is 1.58. The fourth-order valence-corrected chi connectivity index (χ4v) is 4.52. The molecule has 8 nitrogen and oxygen atoms in total. The Kier molecular flexibility index (Phi) is 4.95. The van der Waals surface area contributed by atoms with Crippen molar-refractivity contribution in [1.82, 2.24) is 15.1 Å². The molecule has 1 aromatic heterocycles. The number of ether oxygens (including phenoxy) is 1. The molecule has 11 heteroatoms. The van der Waals surface area contributed by atoms with E-state index in [1.54, 1.807) is 0 Å². The molecular formula is C17H21ClF2N4O4. The minimum absolute atomic E-state index is 0.000314. The maximum Gasteiger partial charge on any atom is 0.407 e. The zero-order valence-electron chi connectivity index (χ0n) is 15.0. The Morgan fingerprint density at radius 1 is 1.43 bits per heavy atom. The number of nitrogens with one attached hydrogen (secondary N) is 1. The molecule has 2 aliphatic carbocycles. The van der Waals surface area contributed by atoms with Crippen LogP contribution in [-0.4, -0.2) is 58.7 Å². The summed E-state index contributed by atoms with van der Waals surface area (Å²) in [7, 11) is 0. The first kappa shape index (κ1) is 19.4. The Hall–Kier alpha value is -1.94. The first-order valence-electron chi connectivity index (χ1n) is 9.27. The SMILES string of the molecule is O=C(NC1CC2C(C1)C2(F)F)O[C@@H]1CCN(c2cnn(CCO)c(=O)c2Cl)C1. The lowest BCUT2D eigenvalue weighted by atomic mass is 10.1. The van der Waals surface area contributed by atoms with Crippen LogP contribution in [0.1, 0.15) is 19.3 Å². The lowest BCUT2D eigenvalue weighted by molar-refractivity contribution is 0.0637. The van der Waals surface area contributed by atoms with Gasteiger partial charge in [0.1, 0.15) is 11.1 Å². The summed E-state index contributed by atoms with van der Waals surface area (Å²) < 4.78 is 32.9. The number of fused-ring (bicyclic) bond motifs is 1. The van der Waals surface area contributed by atoms with Gasteiger partial charge in [0, 0.05) is 30.8 Å². The summed E-state index contributed by atoms with van der Waals surface area (Å²) in [4.78, 5) is 26.0. The minimum atomic E-state index is -2.56. The van der Waals surface area contributed by atoms with Gasteiger partial charge in [0.25, 0.3) is 11.5 Å². The Morgan fingerprint density at radius 2 is 2.14 bits per heavy atom. The predicted octanol–water partition coefficient (Wildman–Crippen LogP) is 1.24. The van der Waals surface area contributed by atoms with Gasteiger partial charge in [-0.25, -0.2) is 18.3 Å². The number of amides is 1. The maximum absolute atomic E-state index is 13.2. The van der Waals surface area contributed by atoms with E-state index >= 15 is 0 Å². The Balaban J connectivity index is 1.29. The van der Waals surface area contributed by atoms with E-state index in [1.165, 1.54) is 6.20 Å². The minimum Gasteiger partial charge on any atom is -0.444 e. The van der Waals surface area contributed by atoms with E-state index in [1.807, 2.05) is 4.90 Å². The Morgan fingerprint density at radius 3 is 2.82 bits per heavy atom. The van der Waals surface area contributed by atoms with Gasteiger partial charge in [-0.05, 0) is 12.8 Å². The standard InChI is InChI=1S/C17H21ClF2N4O4/c18-14-13(7-21-24(3-4-25)15(14)26)23-2-1-10(8-23)28-16(27)22-9-5-11-12(6-9)17(11,19)20/h7,9-12,25H,1-6,8H2,(H,22,27)/t9?,10-,11?,12?/m1/s1. The maximum atomic E-state index is 13.2. The van der Waals surface area contributed by atoms with Gasteiger partial charge in [0.05, 0.1) is 31.6 Å². The van der Waals surface area contributed by atoms with Crippen molar-refractivity contribution in [3.05, 3.63) is 21.6 Å². The fourth-order valence-electron chi connectivity index (χ4n) is 4.26. The third kappa shape index (κ3) is 3.43. The molecule has 1 amide bonds. The summed E-state index contributed by atoms with van der Waals surface area (Å²) in [5.41, 5.74) is -0.0441. The summed E-state index contributed by atoms with van der Waals surface area (Å²) in [5.74, 6) is -3.78. The Bertz CT molecular complexity index is 822. The van der Waals surface area contributed by atoms with E-state index in [4.69, 9.17) is 21.4 Å². The number of carbonyl (C=O) groups excluding carboxylic acids is 1. The molecule has 2 unspecified atom stereocenters. The number of carbonyl (C=O) groups is 1. The smallest absolute Gasteiger partial charge is 0.407 e. The number of aromatic nitrogens is 2. The third-order valence-electron chi connectivity index (χ3n) is 5.80. The lowest BCUT2D eigenvalue weighted by Gasteiger charge is -2.21. The van der Waals surface area contributed by atoms with E-state index in [0.717, 1.165) is 4.68 Å². The van der Waals surface area contributed by atoms with Crippen LogP contribution in [0.3, 0.4) is 0 Å². The molecule has 4 rings (SSSR count). The molecule has 1 saturated heterocycles. The van der Waals surface area contributed by atoms with E-state index < -0.39 is 35.5 Å². The number of alkyl halides is 2. The van der Waals surface area contributed by atoms with Gasteiger partial charge in [0.2, 0.25) is 0 Å². The molecule has 0 spiro atoms. The summed E-state index contributed by atoms with van der Waals surface area (Å²) >= 11 is 6.14. The second-order valence-corrected chi connectivity index (χ2v) is 7.94. The van der Waals surface area contributed by atoms with Crippen LogP contribution < -0.4 is 15.8 Å². The number of rotatable bonds is 5. The average Bonchev–Trinajstić information content (AvgIpc) is 3.08. The number of anilines is 1. The second kappa shape index (κ2) is 7.14. The Labute approximate surface area is 164 Å². The predicted molar refractivity (Wildman–Crippen MR) is 95.8 cm³/mol. The molecule has 2 heterocycles. The highest BCUT2D eigenvalue weighted by molar-refractivity contribution is 6.33. The molecule has 1 aliphatic heterocycles. The van der Waals surface area contributed by atoms with E-state index in [9.17, 15) is 18.4 Å². The summed E-state index contributed by atoms with van der Waals surface area (Å²) in [6.45, 7) is 0.714. The molecule has 0 radical (unpaired) electrons. The first-order valence-corrected chi connectivity index (χ1v) is 9.65. The number of hydrogen-bond donors (Lipinski definition) is 2. The van der Waals surface area contributed by atoms with Crippen molar-refractivity contribution in [1.29, 1.82) is 0 Å². The van der Waals surface area contributed by atoms with E-state index in [2.05, 4.69) is 10.4 Å². The summed E-state index contributed by atoms with van der Waals surface area (Å²) in [6, 6.07) is -0.266. The number of halogens is 3. The van der Waals surface area contributed by atoms with Crippen molar-refractivity contribution in [2.75, 3.05) is 24.6 Å². The fraction of sp³-hybridized carbons (Fsp3) is 0.706. The van der Waals surface area contributed by atoms with Crippen LogP contribution in [-0.2, 0) is 11.3 Å². The van der Waals surface area contributed by atoms with Crippen LogP contribution in [0.5, 0.6) is 0 Å². The second-order valence-electron chi connectivity index (χ2n) is 7.56. The van der Waals surface area contributed by atoms with Crippen molar-refractivity contribution in [2.24, 2.45) is 11.8 Å². The van der Waals surface area contributed by atoms with Crippen molar-refractivity contribution < 1.29 is 23.4 Å². The van der Waals surface area contributed by atoms with Crippen LogP contribution in [0.2, 0.25) is 5.02 Å². The van der Waals surface area contributed by atoms with Crippen molar-refractivity contribution in [3.8, 4) is 0 Å². The van der Waals surface area contributed by atoms with Gasteiger partial charge in [0.15, 0.2) is 0 Å². The number of hydrogen-bond acceptors (Lipinski definition) is 6. The van der Waals surface area contributed by atoms with Crippen LogP contribution in [0, 0.1) is 11.8 Å². The number of aliphatic hydroxyl groups excluding tert-OH is 1. The normalized spacial score (nSPS) is 30.2. The highest BCUT2D eigenvalue weighted by atomic mass is 35.5. The van der Waals surface area contributed by atoms with Crippen molar-refractivity contribution in [2.45, 2.75) is 43.9 Å². The molecule has 28 heavy (non-hydrogen) atoms. The van der Waals surface area contributed by atoms with Gasteiger partial charge in [-0.3, -0.25) is 4.79 Å². The molecule has 2 N–H and O–H groups in total. The van der Waals surface area contributed by atoms with Crippen LogP contribution in [0.4, 0.5) is 19.3 Å². The van der Waals surface area contributed by atoms with Gasteiger partial charge >= 0.3 is 6.09 Å². The van der Waals surface area contributed by atoms with Gasteiger partial charge in [-0.1, -0.05) is 11.6 Å². The molecule has 3 fully saturated rings. The molecule has 1 aromatic rings. The quantitative estimate of drug-likeness (QED) is 0.746. The number of nitrogens with zero attached hydrogens (tertiary/aromatic N) is 3. The van der Waals surface area contributed by atoms with Crippen LogP contribution in [0.15, 0.2) is 11.0 Å². The number of alkyl carbamates (subject to hydrolysis) is 1. The van der Waals surface area contributed by atoms with Crippen molar-refractivity contribution in [3.63, 3.8) is 0 Å². The highest BCUT2D eigenvalue weighted by Crippen LogP contribution is 2.64. The van der Waals surface area contributed by atoms with Crippen LogP contribution in [0.25, 0.3) is 0 Å². The molecule has 3 aliphatic rings. The third-order valence-corrected chi connectivity index (χ3v) is 6.16. The highest BCUT2D eigenvalue weighted by Gasteiger charge is 2.71. The van der Waals surface area contributed by atoms with Gasteiger partial charge in [-0.15, -0.1) is 0 Å². The largest absolute Gasteiger partial charge is 0.444 e. The average molecular weight is 419 g/mol. The first-order chi connectivity index (χ1) is 13.3. The molecule has 154 valence electrons. The topological polar surface area (TPSA) is 96.7 Å². The lowest BCUT2D eigenvalue weighted by Crippen LogP contribution is -2.38. The molecule has 0 bridgehead atoms. The van der Waals surface area contributed by atoms with Crippen molar-refractivity contribution >= 4 is 23.4 Å². The van der Waals surface area contributed by atoms with E-state index in [0.29, 0.717) is 25.2 Å². The monoisotopic (exact) mass is 418 g/mol. The van der Waals surface area contributed by atoms with E-state index in [-0.39, 0.29) is 37.1 Å². The van der Waals surface area contributed by atoms with Crippen LogP contribution >= 0.6 is 11.6 Å². The molecule has 3 atom stereocenters. The zero-order valence-corrected chi connectivity index (χ0v) is 15.7.